The van der Waals surface area contributed by atoms with E-state index in [9.17, 15) is 18.0 Å². The number of nitrogens with one attached hydrogen (secondary N) is 1. The lowest BCUT2D eigenvalue weighted by Gasteiger charge is -2.35. The second-order valence-corrected chi connectivity index (χ2v) is 14.7. The zero-order valence-corrected chi connectivity index (χ0v) is 28.3. The predicted octanol–water partition coefficient (Wildman–Crippen LogP) is 7.26. The minimum absolute atomic E-state index is 0.0144. The highest BCUT2D eigenvalue weighted by Gasteiger charge is 2.34. The van der Waals surface area contributed by atoms with Crippen LogP contribution in [-0.4, -0.2) is 50.0 Å². The standard InChI is InChI=1S/C31H33BrCl3N3O4S/c1-43(41,42)38(28-18-26(34)25(33)17-27(28)35)20-30(39)37(19-22-11-8-12-23(32)15-22)29(16-21-9-4-2-5-10-21)31(40)36-24-13-6-3-7-14-24/h2,4-5,8-12,15,17-18,24,29H,3,6-7,13-14,16,19-20H2,1H3,(H,36,40)/t29-/m1/s1. The van der Waals surface area contributed by atoms with Gasteiger partial charge in [0.2, 0.25) is 21.8 Å². The Morgan fingerprint density at radius 3 is 2.21 bits per heavy atom. The topological polar surface area (TPSA) is 86.8 Å². The van der Waals surface area contributed by atoms with Gasteiger partial charge >= 0.3 is 0 Å². The first-order chi connectivity index (χ1) is 20.4. The van der Waals surface area contributed by atoms with E-state index in [0.717, 1.165) is 58.3 Å². The van der Waals surface area contributed by atoms with Gasteiger partial charge in [-0.3, -0.25) is 13.9 Å². The predicted molar refractivity (Wildman–Crippen MR) is 177 cm³/mol. The summed E-state index contributed by atoms with van der Waals surface area (Å²) in [6.45, 7) is -0.535. The summed E-state index contributed by atoms with van der Waals surface area (Å²) in [4.78, 5) is 29.7. The van der Waals surface area contributed by atoms with Crippen LogP contribution in [0.5, 0.6) is 0 Å². The molecule has 1 N–H and O–H groups in total. The SMILES string of the molecule is CS(=O)(=O)N(CC(=O)N(Cc1cccc(Br)c1)[C@H](Cc1ccccc1)C(=O)NC1CCCCC1)c1cc(Cl)c(Cl)cc1Cl. The highest BCUT2D eigenvalue weighted by Crippen LogP contribution is 2.36. The molecule has 0 unspecified atom stereocenters. The van der Waals surface area contributed by atoms with Crippen LogP contribution in [0.4, 0.5) is 5.69 Å². The molecule has 1 aliphatic carbocycles. The first-order valence-electron chi connectivity index (χ1n) is 13.9. The van der Waals surface area contributed by atoms with Gasteiger partial charge in [0.15, 0.2) is 0 Å². The van der Waals surface area contributed by atoms with Gasteiger partial charge in [0, 0.05) is 23.5 Å². The summed E-state index contributed by atoms with van der Waals surface area (Å²) in [5.41, 5.74) is 1.65. The van der Waals surface area contributed by atoms with Gasteiger partial charge in [0.25, 0.3) is 0 Å². The van der Waals surface area contributed by atoms with E-state index >= 15 is 0 Å². The molecule has 7 nitrogen and oxygen atoms in total. The third-order valence-electron chi connectivity index (χ3n) is 7.40. The molecular weight excluding hydrogens is 697 g/mol. The number of carbonyl (C=O) groups excluding carboxylic acids is 2. The largest absolute Gasteiger partial charge is 0.352 e. The molecule has 12 heteroatoms. The summed E-state index contributed by atoms with van der Waals surface area (Å²) in [6, 6.07) is 18.6. The quantitative estimate of drug-likeness (QED) is 0.211. The van der Waals surface area contributed by atoms with E-state index in [0.29, 0.717) is 0 Å². The van der Waals surface area contributed by atoms with E-state index in [2.05, 4.69) is 21.2 Å². The number of hydrogen-bond donors (Lipinski definition) is 1. The molecule has 0 heterocycles. The molecule has 1 fully saturated rings. The maximum Gasteiger partial charge on any atom is 0.244 e. The third-order valence-corrected chi connectivity index (χ3v) is 10.0. The van der Waals surface area contributed by atoms with Crippen LogP contribution in [0.15, 0.2) is 71.2 Å². The van der Waals surface area contributed by atoms with Crippen molar-refractivity contribution in [1.29, 1.82) is 0 Å². The number of amides is 2. The molecule has 0 radical (unpaired) electrons. The van der Waals surface area contributed by atoms with Crippen LogP contribution < -0.4 is 9.62 Å². The molecule has 43 heavy (non-hydrogen) atoms. The second kappa shape index (κ2) is 15.1. The van der Waals surface area contributed by atoms with Crippen LogP contribution in [0.1, 0.15) is 43.2 Å². The van der Waals surface area contributed by atoms with Gasteiger partial charge < -0.3 is 10.2 Å². The minimum atomic E-state index is -4.01. The highest BCUT2D eigenvalue weighted by atomic mass is 79.9. The fourth-order valence-corrected chi connectivity index (χ4v) is 7.22. The van der Waals surface area contributed by atoms with Crippen molar-refractivity contribution in [3.63, 3.8) is 0 Å². The van der Waals surface area contributed by atoms with Crippen molar-refractivity contribution < 1.29 is 18.0 Å². The Hall–Kier alpha value is -2.30. The molecule has 0 bridgehead atoms. The van der Waals surface area contributed by atoms with E-state index < -0.39 is 28.5 Å². The number of carbonyl (C=O) groups is 2. The number of rotatable bonds is 11. The van der Waals surface area contributed by atoms with Crippen molar-refractivity contribution in [2.45, 2.75) is 57.2 Å². The smallest absolute Gasteiger partial charge is 0.244 e. The lowest BCUT2D eigenvalue weighted by atomic mass is 9.94. The van der Waals surface area contributed by atoms with Crippen LogP contribution in [0.2, 0.25) is 15.1 Å². The van der Waals surface area contributed by atoms with Gasteiger partial charge in [-0.1, -0.05) is 112 Å². The monoisotopic (exact) mass is 727 g/mol. The normalized spacial score (nSPS) is 14.6. The minimum Gasteiger partial charge on any atom is -0.352 e. The average Bonchev–Trinajstić information content (AvgIpc) is 2.96. The summed E-state index contributed by atoms with van der Waals surface area (Å²) >= 11 is 22.2. The van der Waals surface area contributed by atoms with Crippen LogP contribution >= 0.6 is 50.7 Å². The van der Waals surface area contributed by atoms with Crippen LogP contribution in [-0.2, 0) is 32.6 Å². The molecule has 1 aliphatic rings. The number of nitrogens with zero attached hydrogens (tertiary/aromatic N) is 2. The van der Waals surface area contributed by atoms with E-state index in [4.69, 9.17) is 34.8 Å². The zero-order chi connectivity index (χ0) is 31.1. The van der Waals surface area contributed by atoms with E-state index in [1.807, 2.05) is 54.6 Å². The van der Waals surface area contributed by atoms with E-state index in [-0.39, 0.29) is 45.7 Å². The summed E-state index contributed by atoms with van der Waals surface area (Å²) in [7, 11) is -4.01. The van der Waals surface area contributed by atoms with Crippen molar-refractivity contribution >= 4 is 78.3 Å². The molecule has 0 aromatic heterocycles. The van der Waals surface area contributed by atoms with Gasteiger partial charge in [-0.15, -0.1) is 0 Å². The lowest BCUT2D eigenvalue weighted by molar-refractivity contribution is -0.140. The fourth-order valence-electron chi connectivity index (χ4n) is 5.23. The zero-order valence-electron chi connectivity index (χ0n) is 23.6. The van der Waals surface area contributed by atoms with Crippen molar-refractivity contribution in [1.82, 2.24) is 10.2 Å². The molecule has 0 spiro atoms. The molecule has 230 valence electrons. The Bertz CT molecular complexity index is 1550. The molecule has 0 saturated heterocycles. The fraction of sp³-hybridized carbons (Fsp3) is 0.355. The third kappa shape index (κ3) is 9.35. The van der Waals surface area contributed by atoms with Crippen molar-refractivity contribution in [3.8, 4) is 0 Å². The maximum atomic E-state index is 14.3. The molecule has 2 amide bonds. The average molecular weight is 730 g/mol. The van der Waals surface area contributed by atoms with Crippen molar-refractivity contribution in [2.75, 3.05) is 17.1 Å². The number of halogens is 4. The number of benzene rings is 3. The number of hydrogen-bond acceptors (Lipinski definition) is 4. The first-order valence-corrected chi connectivity index (χ1v) is 17.7. The molecule has 0 aliphatic heterocycles. The molecule has 4 rings (SSSR count). The van der Waals surface area contributed by atoms with Gasteiger partial charge in [0.05, 0.1) is 27.0 Å². The summed E-state index contributed by atoms with van der Waals surface area (Å²) in [5, 5.41) is 3.43. The van der Waals surface area contributed by atoms with Gasteiger partial charge in [0.1, 0.15) is 12.6 Å². The molecule has 3 aromatic rings. The van der Waals surface area contributed by atoms with Crippen LogP contribution in [0, 0.1) is 0 Å². The summed E-state index contributed by atoms with van der Waals surface area (Å²) < 4.78 is 27.8. The Balaban J connectivity index is 1.75. The van der Waals surface area contributed by atoms with E-state index in [1.165, 1.54) is 17.0 Å². The first kappa shape index (κ1) is 33.6. The molecule has 1 atom stereocenters. The van der Waals surface area contributed by atoms with Crippen LogP contribution in [0.25, 0.3) is 0 Å². The van der Waals surface area contributed by atoms with Gasteiger partial charge in [-0.2, -0.15) is 0 Å². The Kier molecular flexibility index (Phi) is 11.8. The Morgan fingerprint density at radius 2 is 1.56 bits per heavy atom. The summed E-state index contributed by atoms with van der Waals surface area (Å²) in [6.07, 6.45) is 6.17. The number of sulfonamides is 1. The van der Waals surface area contributed by atoms with E-state index in [1.54, 1.807) is 0 Å². The lowest BCUT2D eigenvalue weighted by Crippen LogP contribution is -2.55. The van der Waals surface area contributed by atoms with Crippen LogP contribution in [0.3, 0.4) is 0 Å². The molecule has 1 saturated carbocycles. The van der Waals surface area contributed by atoms with Crippen molar-refractivity contribution in [2.24, 2.45) is 0 Å². The molecular formula is C31H33BrCl3N3O4S. The Labute approximate surface area is 276 Å². The van der Waals surface area contributed by atoms with Gasteiger partial charge in [-0.25, -0.2) is 8.42 Å². The number of anilines is 1. The second-order valence-electron chi connectivity index (χ2n) is 10.7. The maximum absolute atomic E-state index is 14.3. The van der Waals surface area contributed by atoms with Crippen molar-refractivity contribution in [3.05, 3.63) is 97.4 Å². The van der Waals surface area contributed by atoms with Gasteiger partial charge in [-0.05, 0) is 48.2 Å². The highest BCUT2D eigenvalue weighted by molar-refractivity contribution is 9.10. The Morgan fingerprint density at radius 1 is 0.907 bits per heavy atom. The summed E-state index contributed by atoms with van der Waals surface area (Å²) in [5.74, 6) is -0.857. The molecule has 3 aromatic carbocycles.